The third kappa shape index (κ3) is 4.47. The summed E-state index contributed by atoms with van der Waals surface area (Å²) in [5, 5.41) is 10.6. The van der Waals surface area contributed by atoms with Gasteiger partial charge in [-0.1, -0.05) is 0 Å². The standard InChI is InChI=1S/C14H20N2O6S/c1-14(2,3)15-8-12(21-10-15)9-22-23(19,20)13-6-4-11(5-7-13)16(17)18/h4-7,12H,8-10H2,1-3H3. The van der Waals surface area contributed by atoms with E-state index in [1.165, 1.54) is 0 Å². The molecule has 2 rings (SSSR count). The number of non-ortho nitro benzene ring substituents is 1. The van der Waals surface area contributed by atoms with Crippen LogP contribution in [0.4, 0.5) is 5.69 Å². The highest BCUT2D eigenvalue weighted by molar-refractivity contribution is 7.86. The van der Waals surface area contributed by atoms with Gasteiger partial charge in [-0.2, -0.15) is 8.42 Å². The third-order valence-electron chi connectivity index (χ3n) is 3.58. The number of hydrogen-bond donors (Lipinski definition) is 0. The second-order valence-electron chi connectivity index (χ2n) is 6.30. The summed E-state index contributed by atoms with van der Waals surface area (Å²) in [5.41, 5.74) is -0.240. The largest absolute Gasteiger partial charge is 0.359 e. The van der Waals surface area contributed by atoms with Crippen molar-refractivity contribution < 1.29 is 22.3 Å². The van der Waals surface area contributed by atoms with Crippen LogP contribution in [0, 0.1) is 10.1 Å². The molecule has 1 unspecified atom stereocenters. The first-order valence-corrected chi connectivity index (χ1v) is 8.51. The minimum Gasteiger partial charge on any atom is -0.359 e. The van der Waals surface area contributed by atoms with Gasteiger partial charge in [-0.15, -0.1) is 0 Å². The van der Waals surface area contributed by atoms with Crippen LogP contribution in [0.15, 0.2) is 29.2 Å². The van der Waals surface area contributed by atoms with E-state index in [1.54, 1.807) is 0 Å². The molecule has 0 amide bonds. The lowest BCUT2D eigenvalue weighted by Crippen LogP contribution is -2.40. The fourth-order valence-electron chi connectivity index (χ4n) is 2.08. The normalized spacial score (nSPS) is 19.9. The first-order valence-electron chi connectivity index (χ1n) is 7.10. The van der Waals surface area contributed by atoms with Crippen molar-refractivity contribution in [1.82, 2.24) is 4.90 Å². The van der Waals surface area contributed by atoms with Crippen LogP contribution in [0.3, 0.4) is 0 Å². The number of nitro groups is 1. The summed E-state index contributed by atoms with van der Waals surface area (Å²) in [6.07, 6.45) is -0.331. The molecule has 0 radical (unpaired) electrons. The van der Waals surface area contributed by atoms with Crippen LogP contribution >= 0.6 is 0 Å². The molecular weight excluding hydrogens is 324 g/mol. The molecule has 23 heavy (non-hydrogen) atoms. The monoisotopic (exact) mass is 344 g/mol. The van der Waals surface area contributed by atoms with Crippen molar-refractivity contribution in [3.8, 4) is 0 Å². The summed E-state index contributed by atoms with van der Waals surface area (Å²) in [5.74, 6) is 0. The number of nitrogens with zero attached hydrogens (tertiary/aromatic N) is 2. The molecule has 0 N–H and O–H groups in total. The minimum absolute atomic E-state index is 0.0635. The fourth-order valence-corrected chi connectivity index (χ4v) is 3.02. The zero-order valence-electron chi connectivity index (χ0n) is 13.3. The van der Waals surface area contributed by atoms with Crippen LogP contribution in [0.25, 0.3) is 0 Å². The number of ether oxygens (including phenoxy) is 1. The summed E-state index contributed by atoms with van der Waals surface area (Å²) in [6, 6.07) is 4.57. The highest BCUT2D eigenvalue weighted by Crippen LogP contribution is 2.22. The molecule has 0 aromatic heterocycles. The summed E-state index contributed by atoms with van der Waals surface area (Å²) < 4.78 is 34.7. The average molecular weight is 344 g/mol. The number of benzene rings is 1. The maximum absolute atomic E-state index is 12.1. The van der Waals surface area contributed by atoms with E-state index >= 15 is 0 Å². The van der Waals surface area contributed by atoms with Crippen molar-refractivity contribution in [2.24, 2.45) is 0 Å². The SMILES string of the molecule is CC(C)(C)N1COC(COS(=O)(=O)c2ccc([N+](=O)[O-])cc2)C1. The molecule has 1 atom stereocenters. The van der Waals surface area contributed by atoms with Gasteiger partial charge in [0.05, 0.1) is 22.5 Å². The van der Waals surface area contributed by atoms with E-state index in [2.05, 4.69) is 4.90 Å². The number of nitro benzene ring substituents is 1. The fraction of sp³-hybridized carbons (Fsp3) is 0.571. The molecule has 1 aliphatic rings. The topological polar surface area (TPSA) is 99.0 Å². The molecule has 0 spiro atoms. The highest BCUT2D eigenvalue weighted by Gasteiger charge is 2.32. The summed E-state index contributed by atoms with van der Waals surface area (Å²) in [6.45, 7) is 7.06. The van der Waals surface area contributed by atoms with Gasteiger partial charge in [0.25, 0.3) is 15.8 Å². The Morgan fingerprint density at radius 3 is 2.43 bits per heavy atom. The molecule has 128 valence electrons. The minimum atomic E-state index is -3.96. The van der Waals surface area contributed by atoms with E-state index in [0.29, 0.717) is 13.3 Å². The average Bonchev–Trinajstić information content (AvgIpc) is 2.94. The van der Waals surface area contributed by atoms with E-state index in [-0.39, 0.29) is 28.8 Å². The van der Waals surface area contributed by atoms with Gasteiger partial charge in [0.1, 0.15) is 6.73 Å². The quantitative estimate of drug-likeness (QED) is 0.456. The Hall–Kier alpha value is -1.55. The molecule has 1 saturated heterocycles. The van der Waals surface area contributed by atoms with Crippen molar-refractivity contribution >= 4 is 15.8 Å². The van der Waals surface area contributed by atoms with Crippen LogP contribution in [-0.2, 0) is 19.0 Å². The van der Waals surface area contributed by atoms with Crippen LogP contribution < -0.4 is 0 Å². The second-order valence-corrected chi connectivity index (χ2v) is 7.92. The Kier molecular flexibility index (Phi) is 5.04. The van der Waals surface area contributed by atoms with E-state index in [9.17, 15) is 18.5 Å². The van der Waals surface area contributed by atoms with Crippen molar-refractivity contribution in [3.63, 3.8) is 0 Å². The Morgan fingerprint density at radius 1 is 1.35 bits per heavy atom. The second kappa shape index (κ2) is 6.52. The Bertz CT molecular complexity index is 666. The summed E-state index contributed by atoms with van der Waals surface area (Å²) in [4.78, 5) is 12.0. The third-order valence-corrected chi connectivity index (χ3v) is 4.88. The van der Waals surface area contributed by atoms with Crippen LogP contribution in [0.2, 0.25) is 0 Å². The Labute approximate surface area is 135 Å². The van der Waals surface area contributed by atoms with Crippen molar-refractivity contribution in [2.75, 3.05) is 19.9 Å². The van der Waals surface area contributed by atoms with Gasteiger partial charge in [0.15, 0.2) is 0 Å². The molecular formula is C14H20N2O6S. The maximum atomic E-state index is 12.1. The van der Waals surface area contributed by atoms with E-state index < -0.39 is 15.0 Å². The van der Waals surface area contributed by atoms with Gasteiger partial charge >= 0.3 is 0 Å². The molecule has 0 aliphatic carbocycles. The van der Waals surface area contributed by atoms with Crippen molar-refractivity contribution in [2.45, 2.75) is 37.3 Å². The molecule has 1 aliphatic heterocycles. The van der Waals surface area contributed by atoms with E-state index in [1.807, 2.05) is 20.8 Å². The highest BCUT2D eigenvalue weighted by atomic mass is 32.2. The van der Waals surface area contributed by atoms with Crippen molar-refractivity contribution in [3.05, 3.63) is 34.4 Å². The van der Waals surface area contributed by atoms with Gasteiger partial charge in [-0.3, -0.25) is 19.2 Å². The van der Waals surface area contributed by atoms with Crippen LogP contribution in [0.5, 0.6) is 0 Å². The zero-order valence-corrected chi connectivity index (χ0v) is 14.1. The van der Waals surface area contributed by atoms with Crippen LogP contribution in [0.1, 0.15) is 20.8 Å². The first-order chi connectivity index (χ1) is 10.6. The Balaban J connectivity index is 1.96. The predicted octanol–water partition coefficient (Wildman–Crippen LogP) is 1.76. The first kappa shape index (κ1) is 17.8. The lowest BCUT2D eigenvalue weighted by Gasteiger charge is -2.29. The zero-order chi connectivity index (χ0) is 17.3. The lowest BCUT2D eigenvalue weighted by atomic mass is 10.1. The van der Waals surface area contributed by atoms with Crippen LogP contribution in [-0.4, -0.2) is 49.8 Å². The molecule has 1 aromatic rings. The molecule has 8 nitrogen and oxygen atoms in total. The van der Waals surface area contributed by atoms with Gasteiger partial charge in [-0.25, -0.2) is 0 Å². The van der Waals surface area contributed by atoms with Crippen molar-refractivity contribution in [1.29, 1.82) is 0 Å². The molecule has 0 bridgehead atoms. The van der Waals surface area contributed by atoms with E-state index in [0.717, 1.165) is 24.3 Å². The van der Waals surface area contributed by atoms with Gasteiger partial charge in [0, 0.05) is 24.2 Å². The van der Waals surface area contributed by atoms with Gasteiger partial charge < -0.3 is 4.74 Å². The molecule has 1 aromatic carbocycles. The Morgan fingerprint density at radius 2 is 1.96 bits per heavy atom. The smallest absolute Gasteiger partial charge is 0.297 e. The number of rotatable bonds is 5. The summed E-state index contributed by atoms with van der Waals surface area (Å²) in [7, 11) is -3.96. The lowest BCUT2D eigenvalue weighted by molar-refractivity contribution is -0.384. The molecule has 1 fully saturated rings. The van der Waals surface area contributed by atoms with E-state index in [4.69, 9.17) is 8.92 Å². The predicted molar refractivity (Wildman–Crippen MR) is 82.4 cm³/mol. The van der Waals surface area contributed by atoms with Gasteiger partial charge in [0.2, 0.25) is 0 Å². The summed E-state index contributed by atoms with van der Waals surface area (Å²) >= 11 is 0. The number of hydrogen-bond acceptors (Lipinski definition) is 7. The molecule has 0 saturated carbocycles. The van der Waals surface area contributed by atoms with Gasteiger partial charge in [-0.05, 0) is 32.9 Å². The maximum Gasteiger partial charge on any atom is 0.297 e. The molecule has 9 heteroatoms. The molecule has 1 heterocycles.